The predicted octanol–water partition coefficient (Wildman–Crippen LogP) is 1.62. The molecule has 0 radical (unpaired) electrons. The number of rotatable bonds is 5. The molecule has 1 rings (SSSR count). The third-order valence-corrected chi connectivity index (χ3v) is 2.32. The van der Waals surface area contributed by atoms with E-state index in [4.69, 9.17) is 9.47 Å². The summed E-state index contributed by atoms with van der Waals surface area (Å²) in [6, 6.07) is 3.70. The van der Waals surface area contributed by atoms with Crippen LogP contribution in [-0.2, 0) is 16.0 Å². The van der Waals surface area contributed by atoms with E-state index < -0.39 is 0 Å². The lowest BCUT2D eigenvalue weighted by molar-refractivity contribution is 0.0587. The Hall–Kier alpha value is -1.29. The van der Waals surface area contributed by atoms with Gasteiger partial charge < -0.3 is 14.0 Å². The van der Waals surface area contributed by atoms with Crippen molar-refractivity contribution in [1.82, 2.24) is 4.57 Å². The summed E-state index contributed by atoms with van der Waals surface area (Å²) in [7, 11) is 3.06. The monoisotopic (exact) mass is 211 g/mol. The summed E-state index contributed by atoms with van der Waals surface area (Å²) < 4.78 is 11.6. The Morgan fingerprint density at radius 3 is 2.73 bits per heavy atom. The number of aryl methyl sites for hydroxylation is 1. The van der Waals surface area contributed by atoms with Crippen LogP contribution in [0.5, 0.6) is 0 Å². The van der Waals surface area contributed by atoms with Crippen molar-refractivity contribution < 1.29 is 14.3 Å². The maximum absolute atomic E-state index is 11.4. The molecule has 4 heteroatoms. The van der Waals surface area contributed by atoms with E-state index in [0.29, 0.717) is 12.3 Å². The Morgan fingerprint density at radius 1 is 1.40 bits per heavy atom. The molecule has 84 valence electrons. The van der Waals surface area contributed by atoms with Crippen LogP contribution in [-0.4, -0.2) is 31.4 Å². The maximum Gasteiger partial charge on any atom is 0.354 e. The van der Waals surface area contributed by atoms with Crippen LogP contribution >= 0.6 is 0 Å². The molecule has 1 aromatic rings. The topological polar surface area (TPSA) is 40.5 Å². The van der Waals surface area contributed by atoms with Crippen LogP contribution in [0, 0.1) is 6.92 Å². The number of esters is 1. The van der Waals surface area contributed by atoms with Crippen molar-refractivity contribution in [3.63, 3.8) is 0 Å². The highest BCUT2D eigenvalue weighted by Gasteiger charge is 2.12. The van der Waals surface area contributed by atoms with Gasteiger partial charge in [-0.2, -0.15) is 0 Å². The van der Waals surface area contributed by atoms with Crippen LogP contribution in [0.1, 0.15) is 22.6 Å². The van der Waals surface area contributed by atoms with Crippen molar-refractivity contribution in [2.24, 2.45) is 0 Å². The highest BCUT2D eigenvalue weighted by molar-refractivity contribution is 5.87. The van der Waals surface area contributed by atoms with E-state index in [1.165, 1.54) is 7.11 Å². The van der Waals surface area contributed by atoms with Gasteiger partial charge in [-0.3, -0.25) is 0 Å². The van der Waals surface area contributed by atoms with E-state index >= 15 is 0 Å². The molecule has 0 aliphatic heterocycles. The fraction of sp³-hybridized carbons (Fsp3) is 0.545. The molecular formula is C11H17NO3. The van der Waals surface area contributed by atoms with E-state index in [0.717, 1.165) is 18.7 Å². The Morgan fingerprint density at radius 2 is 2.13 bits per heavy atom. The maximum atomic E-state index is 11.4. The van der Waals surface area contributed by atoms with Gasteiger partial charge in [0.15, 0.2) is 0 Å². The van der Waals surface area contributed by atoms with Gasteiger partial charge in [-0.1, -0.05) is 0 Å². The van der Waals surface area contributed by atoms with Crippen molar-refractivity contribution in [2.45, 2.75) is 19.9 Å². The normalized spacial score (nSPS) is 10.3. The van der Waals surface area contributed by atoms with Crippen LogP contribution in [0.3, 0.4) is 0 Å². The molecular weight excluding hydrogens is 194 g/mol. The third-order valence-electron chi connectivity index (χ3n) is 2.32. The first kappa shape index (κ1) is 11.8. The first-order chi connectivity index (χ1) is 7.20. The van der Waals surface area contributed by atoms with Crippen molar-refractivity contribution >= 4 is 5.97 Å². The average molecular weight is 211 g/mol. The standard InChI is InChI=1S/C11H17NO3/c1-9-5-6-10(11(13)15-3)12(9)7-4-8-14-2/h5-6H,4,7-8H2,1-3H3. The summed E-state index contributed by atoms with van der Waals surface area (Å²) in [4.78, 5) is 11.4. The summed E-state index contributed by atoms with van der Waals surface area (Å²) in [5.74, 6) is -0.291. The van der Waals surface area contributed by atoms with Gasteiger partial charge in [0.2, 0.25) is 0 Å². The van der Waals surface area contributed by atoms with Crippen molar-refractivity contribution in [3.05, 3.63) is 23.5 Å². The van der Waals surface area contributed by atoms with E-state index in [1.54, 1.807) is 13.2 Å². The molecule has 0 saturated carbocycles. The zero-order chi connectivity index (χ0) is 11.3. The Bertz CT molecular complexity index is 331. The van der Waals surface area contributed by atoms with Gasteiger partial charge in [0.25, 0.3) is 0 Å². The molecule has 0 atom stereocenters. The molecule has 1 aromatic heterocycles. The molecule has 1 heterocycles. The van der Waals surface area contributed by atoms with Gasteiger partial charge in [-0.05, 0) is 25.5 Å². The summed E-state index contributed by atoms with van der Waals surface area (Å²) >= 11 is 0. The number of carbonyl (C=O) groups is 1. The number of methoxy groups -OCH3 is 2. The molecule has 0 amide bonds. The minimum atomic E-state index is -0.291. The summed E-state index contributed by atoms with van der Waals surface area (Å²) in [6.45, 7) is 3.44. The number of aromatic nitrogens is 1. The number of hydrogen-bond donors (Lipinski definition) is 0. The predicted molar refractivity (Wildman–Crippen MR) is 57.0 cm³/mol. The number of ether oxygens (including phenoxy) is 2. The Kier molecular flexibility index (Phi) is 4.37. The van der Waals surface area contributed by atoms with E-state index in [9.17, 15) is 4.79 Å². The minimum absolute atomic E-state index is 0.291. The van der Waals surface area contributed by atoms with Crippen molar-refractivity contribution in [2.75, 3.05) is 20.8 Å². The highest BCUT2D eigenvalue weighted by Crippen LogP contribution is 2.10. The van der Waals surface area contributed by atoms with Gasteiger partial charge >= 0.3 is 5.97 Å². The van der Waals surface area contributed by atoms with Gasteiger partial charge in [0.1, 0.15) is 5.69 Å². The lowest BCUT2D eigenvalue weighted by atomic mass is 10.4. The van der Waals surface area contributed by atoms with E-state index in [2.05, 4.69) is 0 Å². The fourth-order valence-electron chi connectivity index (χ4n) is 1.52. The lowest BCUT2D eigenvalue weighted by Crippen LogP contribution is -2.12. The van der Waals surface area contributed by atoms with E-state index in [-0.39, 0.29) is 5.97 Å². The first-order valence-electron chi connectivity index (χ1n) is 4.94. The highest BCUT2D eigenvalue weighted by atomic mass is 16.5. The number of carbonyl (C=O) groups excluding carboxylic acids is 1. The van der Waals surface area contributed by atoms with Crippen LogP contribution < -0.4 is 0 Å². The fourth-order valence-corrected chi connectivity index (χ4v) is 1.52. The van der Waals surface area contributed by atoms with Crippen LogP contribution in [0.2, 0.25) is 0 Å². The molecule has 0 aliphatic rings. The van der Waals surface area contributed by atoms with Crippen molar-refractivity contribution in [1.29, 1.82) is 0 Å². The second-order valence-electron chi connectivity index (χ2n) is 3.35. The lowest BCUT2D eigenvalue weighted by Gasteiger charge is -2.09. The SMILES string of the molecule is COCCCn1c(C)ccc1C(=O)OC. The minimum Gasteiger partial charge on any atom is -0.464 e. The third kappa shape index (κ3) is 2.83. The van der Waals surface area contributed by atoms with E-state index in [1.807, 2.05) is 17.6 Å². The molecule has 0 fully saturated rings. The average Bonchev–Trinajstić information content (AvgIpc) is 2.60. The molecule has 4 nitrogen and oxygen atoms in total. The van der Waals surface area contributed by atoms with Gasteiger partial charge in [0.05, 0.1) is 7.11 Å². The molecule has 0 aliphatic carbocycles. The Balaban J connectivity index is 2.75. The van der Waals surface area contributed by atoms with Gasteiger partial charge in [0, 0.05) is 26.0 Å². The largest absolute Gasteiger partial charge is 0.464 e. The zero-order valence-corrected chi connectivity index (χ0v) is 9.45. The second kappa shape index (κ2) is 5.56. The first-order valence-corrected chi connectivity index (χ1v) is 4.94. The van der Waals surface area contributed by atoms with Crippen LogP contribution in [0.25, 0.3) is 0 Å². The van der Waals surface area contributed by atoms with Gasteiger partial charge in [-0.25, -0.2) is 4.79 Å². The molecule has 0 aromatic carbocycles. The van der Waals surface area contributed by atoms with Crippen LogP contribution in [0.15, 0.2) is 12.1 Å². The molecule has 0 spiro atoms. The quantitative estimate of drug-likeness (QED) is 0.549. The molecule has 15 heavy (non-hydrogen) atoms. The number of nitrogens with zero attached hydrogens (tertiary/aromatic N) is 1. The summed E-state index contributed by atoms with van der Waals surface area (Å²) in [5, 5.41) is 0. The molecule has 0 unspecified atom stereocenters. The van der Waals surface area contributed by atoms with Gasteiger partial charge in [-0.15, -0.1) is 0 Å². The molecule has 0 N–H and O–H groups in total. The molecule has 0 bridgehead atoms. The smallest absolute Gasteiger partial charge is 0.354 e. The zero-order valence-electron chi connectivity index (χ0n) is 9.45. The summed E-state index contributed by atoms with van der Waals surface area (Å²) in [5.41, 5.74) is 1.66. The Labute approximate surface area is 89.8 Å². The molecule has 0 saturated heterocycles. The van der Waals surface area contributed by atoms with Crippen LogP contribution in [0.4, 0.5) is 0 Å². The number of hydrogen-bond acceptors (Lipinski definition) is 3. The second-order valence-corrected chi connectivity index (χ2v) is 3.35. The van der Waals surface area contributed by atoms with Crippen molar-refractivity contribution in [3.8, 4) is 0 Å². The summed E-state index contributed by atoms with van der Waals surface area (Å²) in [6.07, 6.45) is 0.885.